The van der Waals surface area contributed by atoms with Crippen LogP contribution in [0.4, 0.5) is 4.39 Å². The molecule has 1 heterocycles. The van der Waals surface area contributed by atoms with Gasteiger partial charge in [0.25, 0.3) is 0 Å². The summed E-state index contributed by atoms with van der Waals surface area (Å²) in [4.78, 5) is 4.40. The smallest absolute Gasteiger partial charge is 0.123 e. The van der Waals surface area contributed by atoms with E-state index >= 15 is 0 Å². The van der Waals surface area contributed by atoms with Crippen LogP contribution in [0.3, 0.4) is 0 Å². The minimum atomic E-state index is -0.584. The second kappa shape index (κ2) is 6.18. The molecule has 3 nitrogen and oxygen atoms in total. The third-order valence-electron chi connectivity index (χ3n) is 3.77. The molecule has 2 N–H and O–H groups in total. The zero-order chi connectivity index (χ0) is 14.6. The molecule has 0 aliphatic carbocycles. The van der Waals surface area contributed by atoms with Crippen LogP contribution in [0.2, 0.25) is 0 Å². The van der Waals surface area contributed by atoms with Crippen molar-refractivity contribution in [1.82, 2.24) is 9.55 Å². The van der Waals surface area contributed by atoms with Gasteiger partial charge in [0.05, 0.1) is 0 Å². The van der Waals surface area contributed by atoms with Gasteiger partial charge in [0.2, 0.25) is 0 Å². The maximum Gasteiger partial charge on any atom is 0.123 e. The molecule has 0 bridgehead atoms. The fraction of sp³-hybridized carbons (Fsp3) is 0.438. The van der Waals surface area contributed by atoms with Crippen molar-refractivity contribution in [2.24, 2.45) is 5.73 Å². The van der Waals surface area contributed by atoms with Crippen molar-refractivity contribution < 1.29 is 4.39 Å². The van der Waals surface area contributed by atoms with Crippen LogP contribution < -0.4 is 5.73 Å². The Bertz CT molecular complexity index is 564. The lowest BCUT2D eigenvalue weighted by molar-refractivity contribution is 0.403. The molecule has 0 saturated carbocycles. The summed E-state index contributed by atoms with van der Waals surface area (Å²) in [7, 11) is 0. The highest BCUT2D eigenvalue weighted by molar-refractivity contribution is 5.26. The molecule has 2 aromatic rings. The van der Waals surface area contributed by atoms with Crippen LogP contribution in [-0.2, 0) is 18.5 Å². The van der Waals surface area contributed by atoms with Crippen LogP contribution >= 0.6 is 0 Å². The molecule has 0 radical (unpaired) electrons. The fourth-order valence-corrected chi connectivity index (χ4v) is 2.46. The summed E-state index contributed by atoms with van der Waals surface area (Å²) in [5.41, 5.74) is 6.76. The molecule has 0 aliphatic heterocycles. The van der Waals surface area contributed by atoms with Gasteiger partial charge in [-0.2, -0.15) is 0 Å². The Kier molecular flexibility index (Phi) is 4.55. The molecule has 1 aromatic heterocycles. The molecular weight excluding hydrogens is 253 g/mol. The number of nitrogens with two attached hydrogens (primary N) is 1. The predicted octanol–water partition coefficient (Wildman–Crippen LogP) is 3.24. The Morgan fingerprint density at radius 2 is 2.15 bits per heavy atom. The summed E-state index contributed by atoms with van der Waals surface area (Å²) in [6, 6.07) is 6.56. The van der Waals surface area contributed by atoms with E-state index in [9.17, 15) is 4.39 Å². The topological polar surface area (TPSA) is 43.8 Å². The first-order chi connectivity index (χ1) is 9.59. The number of aromatic nitrogens is 2. The van der Waals surface area contributed by atoms with E-state index in [0.717, 1.165) is 30.8 Å². The van der Waals surface area contributed by atoms with Crippen molar-refractivity contribution in [3.8, 4) is 0 Å². The molecule has 1 aromatic carbocycles. The standard InChI is InChI=1S/C16H22FN3/c1-3-9-20-10-8-19-15(20)12-16(18,4-2)13-6-5-7-14(17)11-13/h5-8,10-11H,3-4,9,12,18H2,1-2H3. The SMILES string of the molecule is CCCn1ccnc1CC(N)(CC)c1cccc(F)c1. The number of hydrogen-bond acceptors (Lipinski definition) is 2. The minimum Gasteiger partial charge on any atom is -0.335 e. The zero-order valence-corrected chi connectivity index (χ0v) is 12.1. The van der Waals surface area contributed by atoms with Crippen molar-refractivity contribution >= 4 is 0 Å². The summed E-state index contributed by atoms with van der Waals surface area (Å²) in [5, 5.41) is 0. The molecule has 2 rings (SSSR count). The number of aryl methyl sites for hydroxylation is 1. The molecule has 4 heteroatoms. The summed E-state index contributed by atoms with van der Waals surface area (Å²) in [6.45, 7) is 5.09. The van der Waals surface area contributed by atoms with E-state index in [1.165, 1.54) is 12.1 Å². The molecule has 20 heavy (non-hydrogen) atoms. The summed E-state index contributed by atoms with van der Waals surface area (Å²) >= 11 is 0. The Hall–Kier alpha value is -1.68. The Balaban J connectivity index is 2.29. The van der Waals surface area contributed by atoms with Crippen molar-refractivity contribution in [2.75, 3.05) is 0 Å². The van der Waals surface area contributed by atoms with Gasteiger partial charge in [-0.15, -0.1) is 0 Å². The van der Waals surface area contributed by atoms with E-state index in [4.69, 9.17) is 5.73 Å². The normalized spacial score (nSPS) is 14.2. The number of hydrogen-bond donors (Lipinski definition) is 1. The molecule has 0 aliphatic rings. The van der Waals surface area contributed by atoms with Crippen LogP contribution in [0.5, 0.6) is 0 Å². The maximum atomic E-state index is 13.4. The van der Waals surface area contributed by atoms with Gasteiger partial charge < -0.3 is 10.3 Å². The minimum absolute atomic E-state index is 0.248. The summed E-state index contributed by atoms with van der Waals surface area (Å²) in [6.07, 6.45) is 6.16. The zero-order valence-electron chi connectivity index (χ0n) is 12.1. The van der Waals surface area contributed by atoms with E-state index in [1.54, 1.807) is 12.3 Å². The number of benzene rings is 1. The van der Waals surface area contributed by atoms with E-state index in [2.05, 4.69) is 16.5 Å². The molecule has 1 unspecified atom stereocenters. The lowest BCUT2D eigenvalue weighted by atomic mass is 9.85. The van der Waals surface area contributed by atoms with Gasteiger partial charge in [-0.05, 0) is 30.5 Å². The van der Waals surface area contributed by atoms with Gasteiger partial charge in [0.1, 0.15) is 11.6 Å². The van der Waals surface area contributed by atoms with E-state index < -0.39 is 5.54 Å². The van der Waals surface area contributed by atoms with Crippen molar-refractivity contribution in [2.45, 2.75) is 45.2 Å². The monoisotopic (exact) mass is 275 g/mol. The summed E-state index contributed by atoms with van der Waals surface area (Å²) < 4.78 is 15.6. The van der Waals surface area contributed by atoms with Crippen LogP contribution in [-0.4, -0.2) is 9.55 Å². The van der Waals surface area contributed by atoms with Crippen LogP contribution in [0.15, 0.2) is 36.7 Å². The quantitative estimate of drug-likeness (QED) is 0.879. The van der Waals surface area contributed by atoms with Crippen molar-refractivity contribution in [3.63, 3.8) is 0 Å². The Morgan fingerprint density at radius 3 is 2.80 bits per heavy atom. The number of imidazole rings is 1. The van der Waals surface area contributed by atoms with E-state index in [0.29, 0.717) is 6.42 Å². The number of nitrogens with zero attached hydrogens (tertiary/aromatic N) is 2. The first kappa shape index (κ1) is 14.7. The third kappa shape index (κ3) is 3.07. The van der Waals surface area contributed by atoms with Gasteiger partial charge in [-0.1, -0.05) is 26.0 Å². The lowest BCUT2D eigenvalue weighted by Gasteiger charge is -2.29. The van der Waals surface area contributed by atoms with Gasteiger partial charge in [0, 0.05) is 30.9 Å². The second-order valence-electron chi connectivity index (χ2n) is 5.23. The lowest BCUT2D eigenvalue weighted by Crippen LogP contribution is -2.39. The van der Waals surface area contributed by atoms with Gasteiger partial charge in [-0.25, -0.2) is 9.37 Å². The molecule has 0 spiro atoms. The highest BCUT2D eigenvalue weighted by Crippen LogP contribution is 2.26. The van der Waals surface area contributed by atoms with Crippen molar-refractivity contribution in [1.29, 1.82) is 0 Å². The Labute approximate surface area is 119 Å². The molecule has 0 fully saturated rings. The first-order valence-electron chi connectivity index (χ1n) is 7.14. The average Bonchev–Trinajstić information content (AvgIpc) is 2.86. The van der Waals surface area contributed by atoms with Crippen molar-refractivity contribution in [3.05, 3.63) is 53.9 Å². The maximum absolute atomic E-state index is 13.4. The number of rotatable bonds is 6. The van der Waals surface area contributed by atoms with E-state index in [1.807, 2.05) is 19.2 Å². The fourth-order valence-electron chi connectivity index (χ4n) is 2.46. The summed E-state index contributed by atoms with van der Waals surface area (Å²) in [5.74, 6) is 0.711. The highest BCUT2D eigenvalue weighted by atomic mass is 19.1. The highest BCUT2D eigenvalue weighted by Gasteiger charge is 2.27. The van der Waals surface area contributed by atoms with Crippen LogP contribution in [0, 0.1) is 5.82 Å². The second-order valence-corrected chi connectivity index (χ2v) is 5.23. The molecule has 0 saturated heterocycles. The molecule has 0 amide bonds. The molecule has 108 valence electrons. The van der Waals surface area contributed by atoms with E-state index in [-0.39, 0.29) is 5.82 Å². The first-order valence-corrected chi connectivity index (χ1v) is 7.14. The van der Waals surface area contributed by atoms with Crippen LogP contribution in [0.1, 0.15) is 38.1 Å². The molecular formula is C16H22FN3. The third-order valence-corrected chi connectivity index (χ3v) is 3.77. The van der Waals surface area contributed by atoms with Gasteiger partial charge in [-0.3, -0.25) is 0 Å². The largest absolute Gasteiger partial charge is 0.335 e. The van der Waals surface area contributed by atoms with Gasteiger partial charge in [0.15, 0.2) is 0 Å². The average molecular weight is 275 g/mol. The number of halogens is 1. The Morgan fingerprint density at radius 1 is 1.35 bits per heavy atom. The van der Waals surface area contributed by atoms with Crippen LogP contribution in [0.25, 0.3) is 0 Å². The van der Waals surface area contributed by atoms with Gasteiger partial charge >= 0.3 is 0 Å². The predicted molar refractivity (Wildman–Crippen MR) is 78.8 cm³/mol. The molecule has 1 atom stereocenters.